The van der Waals surface area contributed by atoms with Crippen LogP contribution in [0, 0.1) is 5.92 Å². The smallest absolute Gasteiger partial charge is 0.314 e. The maximum absolute atomic E-state index is 11.3. The summed E-state index contributed by atoms with van der Waals surface area (Å²) in [6, 6.07) is -0.287. The molecule has 136 valence electrons. The highest BCUT2D eigenvalue weighted by atomic mass is 16.5. The maximum atomic E-state index is 11.3. The van der Waals surface area contributed by atoms with Gasteiger partial charge in [0.2, 0.25) is 0 Å². The normalized spacial score (nSPS) is 10.8. The van der Waals surface area contributed by atoms with Crippen LogP contribution in [-0.2, 0) is 19.0 Å². The third-order valence-electron chi connectivity index (χ3n) is 2.81. The fourth-order valence-electron chi connectivity index (χ4n) is 1.49. The highest BCUT2D eigenvalue weighted by Gasteiger charge is 2.06. The molecule has 0 aliphatic rings. The molecule has 0 saturated heterocycles. The Morgan fingerprint density at radius 2 is 1.39 bits per heavy atom. The summed E-state index contributed by atoms with van der Waals surface area (Å²) in [6.07, 6.45) is 0.432. The molecular weight excluding hydrogens is 304 g/mol. The minimum atomic E-state index is -0.287. The van der Waals surface area contributed by atoms with E-state index in [2.05, 4.69) is 10.6 Å². The van der Waals surface area contributed by atoms with Gasteiger partial charge in [-0.2, -0.15) is 0 Å². The topological polar surface area (TPSA) is 106 Å². The Hall–Kier alpha value is -1.22. The average Bonchev–Trinajstić information content (AvgIpc) is 2.52. The zero-order valence-corrected chi connectivity index (χ0v) is 14.1. The van der Waals surface area contributed by atoms with Crippen LogP contribution < -0.4 is 10.6 Å². The van der Waals surface area contributed by atoms with Crippen LogP contribution in [0.2, 0.25) is 0 Å². The first-order chi connectivity index (χ1) is 11.1. The van der Waals surface area contributed by atoms with Crippen molar-refractivity contribution in [3.8, 4) is 0 Å². The van der Waals surface area contributed by atoms with Gasteiger partial charge in [0.05, 0.1) is 46.2 Å². The van der Waals surface area contributed by atoms with E-state index in [1.165, 1.54) is 0 Å². The first-order valence-electron chi connectivity index (χ1n) is 7.96. The molecule has 0 aliphatic carbocycles. The molecule has 0 bridgehead atoms. The molecule has 0 rings (SSSR count). The average molecular weight is 334 g/mol. The van der Waals surface area contributed by atoms with E-state index in [-0.39, 0.29) is 30.9 Å². The number of hydrogen-bond donors (Lipinski definition) is 3. The van der Waals surface area contributed by atoms with Crippen molar-refractivity contribution in [3.05, 3.63) is 0 Å². The minimum Gasteiger partial charge on any atom is -0.394 e. The van der Waals surface area contributed by atoms with Gasteiger partial charge in [0.25, 0.3) is 0 Å². The third kappa shape index (κ3) is 15.4. The van der Waals surface area contributed by atoms with Crippen LogP contribution in [0.4, 0.5) is 4.79 Å². The SMILES string of the molecule is CC(C)C(=O)CCOCCOCCNC(=O)NCCOCCO. The lowest BCUT2D eigenvalue weighted by molar-refractivity contribution is -0.123. The molecule has 0 fully saturated rings. The first kappa shape index (κ1) is 21.8. The summed E-state index contributed by atoms with van der Waals surface area (Å²) < 4.78 is 15.6. The van der Waals surface area contributed by atoms with Gasteiger partial charge in [-0.05, 0) is 0 Å². The molecule has 0 spiro atoms. The Kier molecular flexibility index (Phi) is 14.8. The summed E-state index contributed by atoms with van der Waals surface area (Å²) in [7, 11) is 0. The van der Waals surface area contributed by atoms with Gasteiger partial charge in [0.15, 0.2) is 0 Å². The Morgan fingerprint density at radius 3 is 1.91 bits per heavy atom. The van der Waals surface area contributed by atoms with Crippen molar-refractivity contribution in [3.63, 3.8) is 0 Å². The number of carbonyl (C=O) groups is 2. The lowest BCUT2D eigenvalue weighted by atomic mass is 10.1. The molecule has 8 nitrogen and oxygen atoms in total. The van der Waals surface area contributed by atoms with E-state index >= 15 is 0 Å². The number of ketones is 1. The zero-order valence-electron chi connectivity index (χ0n) is 14.1. The largest absolute Gasteiger partial charge is 0.394 e. The molecule has 0 aromatic heterocycles. The van der Waals surface area contributed by atoms with E-state index in [1.54, 1.807) is 0 Å². The van der Waals surface area contributed by atoms with E-state index < -0.39 is 0 Å². The number of nitrogens with one attached hydrogen (secondary N) is 2. The van der Waals surface area contributed by atoms with Crippen LogP contribution in [0.1, 0.15) is 20.3 Å². The van der Waals surface area contributed by atoms with Crippen LogP contribution in [0.3, 0.4) is 0 Å². The van der Waals surface area contributed by atoms with Crippen molar-refractivity contribution in [2.75, 3.05) is 59.3 Å². The van der Waals surface area contributed by atoms with Gasteiger partial charge in [0.1, 0.15) is 5.78 Å². The van der Waals surface area contributed by atoms with Crippen molar-refractivity contribution in [2.45, 2.75) is 20.3 Å². The molecule has 0 aliphatic heterocycles. The number of rotatable bonds is 15. The number of aliphatic hydroxyl groups excluding tert-OH is 1. The maximum Gasteiger partial charge on any atom is 0.314 e. The van der Waals surface area contributed by atoms with Gasteiger partial charge in [0, 0.05) is 25.4 Å². The third-order valence-corrected chi connectivity index (χ3v) is 2.81. The van der Waals surface area contributed by atoms with Crippen LogP contribution >= 0.6 is 0 Å². The van der Waals surface area contributed by atoms with E-state index in [9.17, 15) is 9.59 Å². The number of amides is 2. The summed E-state index contributed by atoms with van der Waals surface area (Å²) in [5.41, 5.74) is 0. The van der Waals surface area contributed by atoms with Crippen molar-refractivity contribution >= 4 is 11.8 Å². The highest BCUT2D eigenvalue weighted by Crippen LogP contribution is 1.98. The minimum absolute atomic E-state index is 0.0265. The number of Topliss-reactive ketones (excluding diaryl/α,β-unsaturated/α-hetero) is 1. The molecule has 8 heteroatoms. The predicted octanol–water partition coefficient (Wildman–Crippen LogP) is -0.0571. The summed E-state index contributed by atoms with van der Waals surface area (Å²) in [5, 5.41) is 13.7. The molecular formula is C15H30N2O6. The van der Waals surface area contributed by atoms with Crippen LogP contribution in [0.5, 0.6) is 0 Å². The Balaban J connectivity index is 3.23. The number of aliphatic hydroxyl groups is 1. The van der Waals surface area contributed by atoms with Crippen molar-refractivity contribution in [1.82, 2.24) is 10.6 Å². The van der Waals surface area contributed by atoms with Gasteiger partial charge in [-0.1, -0.05) is 13.8 Å². The number of urea groups is 1. The molecule has 0 aromatic carbocycles. The van der Waals surface area contributed by atoms with E-state index in [4.69, 9.17) is 19.3 Å². The fraction of sp³-hybridized carbons (Fsp3) is 0.867. The zero-order chi connectivity index (χ0) is 17.3. The second kappa shape index (κ2) is 15.7. The van der Waals surface area contributed by atoms with Crippen molar-refractivity contribution < 1.29 is 28.9 Å². The Morgan fingerprint density at radius 1 is 0.870 bits per heavy atom. The molecule has 0 heterocycles. The van der Waals surface area contributed by atoms with Crippen molar-refractivity contribution in [1.29, 1.82) is 0 Å². The molecule has 0 aromatic rings. The molecule has 0 atom stereocenters. The Bertz CT molecular complexity index is 312. The Labute approximate surface area is 137 Å². The van der Waals surface area contributed by atoms with Crippen LogP contribution in [-0.4, -0.2) is 76.3 Å². The lowest BCUT2D eigenvalue weighted by Gasteiger charge is -2.09. The molecule has 0 saturated carbocycles. The first-order valence-corrected chi connectivity index (χ1v) is 7.96. The monoisotopic (exact) mass is 334 g/mol. The second-order valence-corrected chi connectivity index (χ2v) is 5.11. The number of hydrogen-bond acceptors (Lipinski definition) is 6. The quantitative estimate of drug-likeness (QED) is 0.362. The standard InChI is InChI=1S/C15H30N2O6/c1-13(2)14(19)3-7-21-11-12-23-9-5-17-15(20)16-4-8-22-10-6-18/h13,18H,3-12H2,1-2H3,(H2,16,17,20). The van der Waals surface area contributed by atoms with Gasteiger partial charge < -0.3 is 30.0 Å². The van der Waals surface area contributed by atoms with E-state index in [0.29, 0.717) is 52.5 Å². The van der Waals surface area contributed by atoms with Gasteiger partial charge >= 0.3 is 6.03 Å². The molecule has 23 heavy (non-hydrogen) atoms. The van der Waals surface area contributed by atoms with Crippen LogP contribution in [0.15, 0.2) is 0 Å². The summed E-state index contributed by atoms with van der Waals surface area (Å²) in [4.78, 5) is 22.7. The van der Waals surface area contributed by atoms with Gasteiger partial charge in [-0.25, -0.2) is 4.79 Å². The van der Waals surface area contributed by atoms with E-state index in [0.717, 1.165) is 0 Å². The predicted molar refractivity (Wildman–Crippen MR) is 85.4 cm³/mol. The summed E-state index contributed by atoms with van der Waals surface area (Å²) in [5.74, 6) is 0.246. The van der Waals surface area contributed by atoms with E-state index in [1.807, 2.05) is 13.8 Å². The fourth-order valence-corrected chi connectivity index (χ4v) is 1.49. The summed E-state index contributed by atoms with van der Waals surface area (Å²) >= 11 is 0. The molecule has 3 N–H and O–H groups in total. The molecule has 0 radical (unpaired) electrons. The number of ether oxygens (including phenoxy) is 3. The number of carbonyl (C=O) groups excluding carboxylic acids is 2. The summed E-state index contributed by atoms with van der Waals surface area (Å²) in [6.45, 7) is 6.79. The highest BCUT2D eigenvalue weighted by molar-refractivity contribution is 5.80. The van der Waals surface area contributed by atoms with Crippen LogP contribution in [0.25, 0.3) is 0 Å². The second-order valence-electron chi connectivity index (χ2n) is 5.11. The van der Waals surface area contributed by atoms with Crippen molar-refractivity contribution in [2.24, 2.45) is 5.92 Å². The lowest BCUT2D eigenvalue weighted by Crippen LogP contribution is -2.39. The van der Waals surface area contributed by atoms with Gasteiger partial charge in [-0.3, -0.25) is 4.79 Å². The molecule has 0 unspecified atom stereocenters. The van der Waals surface area contributed by atoms with Gasteiger partial charge in [-0.15, -0.1) is 0 Å². The molecule has 2 amide bonds.